The molecule has 0 aliphatic carbocycles. The topological polar surface area (TPSA) is 118 Å². The molecular weight excluding hydrogens is 661 g/mol. The summed E-state index contributed by atoms with van der Waals surface area (Å²) in [5, 5.41) is 0. The summed E-state index contributed by atoms with van der Waals surface area (Å²) >= 11 is 0. The molecule has 270 valence electrons. The SMILES string of the molecule is Cc1cccc(C)c1-c1cc2nc(n1)NS(=O)(=O)c1cccc(c1)C(=O)N(Cc1cccc(N3CCC[C@H]3CC(C)C)n1)[C@H](CC(C)(C)C)CO2. The minimum Gasteiger partial charge on any atom is -0.475 e. The van der Waals surface area contributed by atoms with E-state index in [4.69, 9.17) is 9.72 Å². The number of rotatable bonds is 7. The number of aryl methyl sites for hydroxylation is 2. The second kappa shape index (κ2) is 14.6. The van der Waals surface area contributed by atoms with Crippen LogP contribution in [-0.2, 0) is 16.6 Å². The highest BCUT2D eigenvalue weighted by molar-refractivity contribution is 7.92. The molecule has 11 heteroatoms. The van der Waals surface area contributed by atoms with Gasteiger partial charge in [0.25, 0.3) is 15.9 Å². The largest absolute Gasteiger partial charge is 0.475 e. The van der Waals surface area contributed by atoms with Crippen molar-refractivity contribution in [1.82, 2.24) is 19.9 Å². The number of carbonyl (C=O) groups excluding carboxylic acids is 1. The van der Waals surface area contributed by atoms with Crippen LogP contribution in [0.15, 0.2) is 71.6 Å². The summed E-state index contributed by atoms with van der Waals surface area (Å²) in [5.41, 5.74) is 4.22. The van der Waals surface area contributed by atoms with E-state index >= 15 is 0 Å². The molecule has 1 fully saturated rings. The molecule has 4 heterocycles. The highest BCUT2D eigenvalue weighted by Gasteiger charge is 2.32. The highest BCUT2D eigenvalue weighted by Crippen LogP contribution is 2.33. The Labute approximate surface area is 302 Å². The summed E-state index contributed by atoms with van der Waals surface area (Å²) in [5.74, 6) is 1.30. The van der Waals surface area contributed by atoms with Gasteiger partial charge in [-0.15, -0.1) is 0 Å². The molecule has 1 N–H and O–H groups in total. The maximum atomic E-state index is 14.6. The van der Waals surface area contributed by atoms with Gasteiger partial charge in [0.2, 0.25) is 11.8 Å². The Kier molecular flexibility index (Phi) is 10.4. The lowest BCUT2D eigenvalue weighted by atomic mass is 9.87. The molecule has 51 heavy (non-hydrogen) atoms. The maximum Gasteiger partial charge on any atom is 0.264 e. The smallest absolute Gasteiger partial charge is 0.264 e. The van der Waals surface area contributed by atoms with Crippen LogP contribution < -0.4 is 14.4 Å². The van der Waals surface area contributed by atoms with E-state index in [1.807, 2.05) is 44.2 Å². The molecule has 0 spiro atoms. The summed E-state index contributed by atoms with van der Waals surface area (Å²) in [6.45, 7) is 16.2. The van der Waals surface area contributed by atoms with Gasteiger partial charge in [0, 0.05) is 29.8 Å². The minimum absolute atomic E-state index is 0.0613. The Balaban J connectivity index is 1.44. The van der Waals surface area contributed by atoms with Gasteiger partial charge in [-0.25, -0.2) is 23.1 Å². The van der Waals surface area contributed by atoms with Crippen molar-refractivity contribution in [2.75, 3.05) is 22.8 Å². The number of hydrogen-bond donors (Lipinski definition) is 1. The molecule has 0 radical (unpaired) electrons. The molecular formula is C40H50N6O4S. The van der Waals surface area contributed by atoms with Gasteiger partial charge in [0.1, 0.15) is 12.4 Å². The van der Waals surface area contributed by atoms with E-state index in [1.165, 1.54) is 12.1 Å². The lowest BCUT2D eigenvalue weighted by molar-refractivity contribution is 0.0509. The normalized spacial score (nSPS) is 19.2. The van der Waals surface area contributed by atoms with Crippen LogP contribution in [0.4, 0.5) is 11.8 Å². The van der Waals surface area contributed by atoms with Crippen LogP contribution in [0, 0.1) is 25.2 Å². The van der Waals surface area contributed by atoms with Gasteiger partial charge in [-0.2, -0.15) is 4.98 Å². The first kappa shape index (κ1) is 36.3. The van der Waals surface area contributed by atoms with E-state index < -0.39 is 16.1 Å². The summed E-state index contributed by atoms with van der Waals surface area (Å²) in [6, 6.07) is 19.9. The van der Waals surface area contributed by atoms with E-state index in [-0.39, 0.29) is 46.8 Å². The zero-order chi connectivity index (χ0) is 36.5. The molecule has 10 nitrogen and oxygen atoms in total. The Morgan fingerprint density at radius 2 is 1.67 bits per heavy atom. The zero-order valence-electron chi connectivity index (χ0n) is 30.8. The number of benzene rings is 2. The van der Waals surface area contributed by atoms with Crippen molar-refractivity contribution < 1.29 is 17.9 Å². The third-order valence-corrected chi connectivity index (χ3v) is 10.9. The number of pyridine rings is 1. The number of nitrogens with zero attached hydrogens (tertiary/aromatic N) is 5. The first-order valence-electron chi connectivity index (χ1n) is 17.9. The molecule has 2 atom stereocenters. The number of anilines is 2. The number of aromatic nitrogens is 3. The number of amides is 1. The Morgan fingerprint density at radius 3 is 2.39 bits per heavy atom. The van der Waals surface area contributed by atoms with Gasteiger partial charge in [-0.1, -0.05) is 65.0 Å². The van der Waals surface area contributed by atoms with Crippen molar-refractivity contribution in [3.63, 3.8) is 0 Å². The van der Waals surface area contributed by atoms with Gasteiger partial charge in [0.05, 0.1) is 28.9 Å². The summed E-state index contributed by atoms with van der Waals surface area (Å²) in [4.78, 5) is 33.0. The van der Waals surface area contributed by atoms with Crippen molar-refractivity contribution in [2.24, 2.45) is 11.3 Å². The van der Waals surface area contributed by atoms with Crippen molar-refractivity contribution in [1.29, 1.82) is 0 Å². The summed E-state index contributed by atoms with van der Waals surface area (Å²) in [6.07, 6.45) is 3.98. The van der Waals surface area contributed by atoms with E-state index in [0.717, 1.165) is 54.0 Å². The zero-order valence-corrected chi connectivity index (χ0v) is 31.6. The fourth-order valence-corrected chi connectivity index (χ4v) is 8.35. The standard InChI is InChI=1S/C40H50N6O4S/c1-26(2)20-31-16-11-19-45(31)35-18-10-15-30(41-35)24-46-32(23-40(5,6)7)25-50-36-22-34(37-27(3)12-8-13-28(37)4)42-39(43-36)44-51(48,49)33-17-9-14-29(21-33)38(46)47/h8-10,12-15,17-18,21-22,26,31-32H,11,16,19-20,23-25H2,1-7H3,(H,42,43,44)/t31-,32+/m0/s1. The molecule has 0 saturated carbocycles. The average Bonchev–Trinajstić information content (AvgIpc) is 3.52. The first-order valence-corrected chi connectivity index (χ1v) is 19.4. The van der Waals surface area contributed by atoms with Crippen LogP contribution in [0.3, 0.4) is 0 Å². The van der Waals surface area contributed by atoms with Crippen LogP contribution in [0.25, 0.3) is 11.3 Å². The van der Waals surface area contributed by atoms with E-state index in [2.05, 4.69) is 60.3 Å². The van der Waals surface area contributed by atoms with Crippen molar-refractivity contribution in [3.8, 4) is 17.1 Å². The van der Waals surface area contributed by atoms with Crippen molar-refractivity contribution in [3.05, 3.63) is 89.1 Å². The Hall–Kier alpha value is -4.51. The molecule has 4 aromatic rings. The number of fused-ring (bicyclic) bond motifs is 4. The third kappa shape index (κ3) is 8.52. The second-order valence-corrected chi connectivity index (χ2v) is 17.3. The third-order valence-electron chi connectivity index (χ3n) is 9.57. The number of ether oxygens (including phenoxy) is 1. The molecule has 0 unspecified atom stereocenters. The van der Waals surface area contributed by atoms with Crippen molar-refractivity contribution in [2.45, 2.75) is 97.7 Å². The average molecular weight is 711 g/mol. The number of nitrogens with one attached hydrogen (secondary N) is 1. The molecule has 2 aromatic carbocycles. The number of carbonyl (C=O) groups is 1. The predicted octanol–water partition coefficient (Wildman–Crippen LogP) is 7.81. The van der Waals surface area contributed by atoms with Gasteiger partial charge < -0.3 is 14.5 Å². The molecule has 1 saturated heterocycles. The van der Waals surface area contributed by atoms with Crippen LogP contribution in [0.2, 0.25) is 0 Å². The first-order chi connectivity index (χ1) is 24.2. The molecule has 6 rings (SSSR count). The molecule has 2 aromatic heterocycles. The van der Waals surface area contributed by atoms with E-state index in [1.54, 1.807) is 23.1 Å². The van der Waals surface area contributed by atoms with Crippen LogP contribution >= 0.6 is 0 Å². The summed E-state index contributed by atoms with van der Waals surface area (Å²) in [7, 11) is -4.17. The Morgan fingerprint density at radius 1 is 0.941 bits per heavy atom. The Bertz CT molecular complexity index is 1990. The molecule has 1 amide bonds. The second-order valence-electron chi connectivity index (χ2n) is 15.6. The van der Waals surface area contributed by atoms with E-state index in [9.17, 15) is 13.2 Å². The fourth-order valence-electron chi connectivity index (χ4n) is 7.36. The predicted molar refractivity (Wildman–Crippen MR) is 201 cm³/mol. The van der Waals surface area contributed by atoms with E-state index in [0.29, 0.717) is 24.1 Å². The molecule has 2 aliphatic heterocycles. The lowest BCUT2D eigenvalue weighted by Crippen LogP contribution is -2.45. The fraction of sp³-hybridized carbons (Fsp3) is 0.450. The van der Waals surface area contributed by atoms with Gasteiger partial charge in [0.15, 0.2) is 0 Å². The molecule has 4 bridgehead atoms. The quantitative estimate of drug-likeness (QED) is 0.207. The summed E-state index contributed by atoms with van der Waals surface area (Å²) < 4.78 is 36.5. The number of sulfonamides is 1. The monoisotopic (exact) mass is 710 g/mol. The van der Waals surface area contributed by atoms with Gasteiger partial charge in [-0.05, 0) is 92.3 Å². The van der Waals surface area contributed by atoms with Crippen molar-refractivity contribution >= 4 is 27.7 Å². The van der Waals surface area contributed by atoms with Crippen LogP contribution in [-0.4, -0.2) is 59.4 Å². The highest BCUT2D eigenvalue weighted by atomic mass is 32.2. The van der Waals surface area contributed by atoms with Gasteiger partial charge in [-0.3, -0.25) is 4.79 Å². The number of hydrogen-bond acceptors (Lipinski definition) is 8. The van der Waals surface area contributed by atoms with Gasteiger partial charge >= 0.3 is 0 Å². The lowest BCUT2D eigenvalue weighted by Gasteiger charge is -2.36. The minimum atomic E-state index is -4.17. The molecule has 2 aliphatic rings. The van der Waals surface area contributed by atoms with Crippen LogP contribution in [0.1, 0.15) is 87.5 Å². The maximum absolute atomic E-state index is 14.6. The van der Waals surface area contributed by atoms with Crippen LogP contribution in [0.5, 0.6) is 5.88 Å².